The number of amides is 4. The van der Waals surface area contributed by atoms with Crippen LogP contribution in [0.4, 0.5) is 5.69 Å². The van der Waals surface area contributed by atoms with Crippen LogP contribution in [0.15, 0.2) is 12.1 Å². The average molecular weight is 412 g/mol. The molecule has 0 radical (unpaired) electrons. The predicted molar refractivity (Wildman–Crippen MR) is 110 cm³/mol. The lowest BCUT2D eigenvalue weighted by molar-refractivity contribution is -0.143. The summed E-state index contributed by atoms with van der Waals surface area (Å²) >= 11 is 0. The van der Waals surface area contributed by atoms with Gasteiger partial charge in [-0.25, -0.2) is 0 Å². The van der Waals surface area contributed by atoms with Crippen LogP contribution >= 0.6 is 0 Å². The number of hydrogen-bond acceptors (Lipinski definition) is 5. The zero-order valence-corrected chi connectivity index (χ0v) is 17.6. The minimum Gasteiger partial charge on any atom is -0.370 e. The lowest BCUT2D eigenvalue weighted by Gasteiger charge is -2.29. The molecule has 4 N–H and O–H groups in total. The highest BCUT2D eigenvalue weighted by molar-refractivity contribution is 6.15. The zero-order chi connectivity index (χ0) is 21.8. The van der Waals surface area contributed by atoms with E-state index in [0.29, 0.717) is 30.6 Å². The number of rotatable bonds is 6. The predicted octanol–water partition coefficient (Wildman–Crippen LogP) is 1.09. The fourth-order valence-electron chi connectivity index (χ4n) is 5.26. The molecule has 1 spiro atoms. The minimum atomic E-state index is -1.31. The van der Waals surface area contributed by atoms with Gasteiger partial charge in [0, 0.05) is 30.3 Å². The van der Waals surface area contributed by atoms with E-state index in [-0.39, 0.29) is 24.1 Å². The van der Waals surface area contributed by atoms with E-state index in [4.69, 9.17) is 5.73 Å². The second kappa shape index (κ2) is 7.19. The van der Waals surface area contributed by atoms with Gasteiger partial charge in [-0.05, 0) is 37.8 Å². The molecule has 1 aromatic carbocycles. The van der Waals surface area contributed by atoms with Crippen molar-refractivity contribution in [3.8, 4) is 0 Å². The first-order valence-electron chi connectivity index (χ1n) is 10.6. The van der Waals surface area contributed by atoms with Gasteiger partial charge in [0.05, 0.1) is 11.8 Å². The van der Waals surface area contributed by atoms with Gasteiger partial charge in [-0.3, -0.25) is 29.4 Å². The first-order chi connectivity index (χ1) is 14.2. The highest BCUT2D eigenvalue weighted by atomic mass is 16.2. The molecule has 8 nitrogen and oxygen atoms in total. The molecular formula is C22H28N4O4. The number of likely N-dealkylation sites (tertiary alicyclic amines) is 1. The standard InChI is InChI=1S/C22H28N4O4/c1-4-5-10-26-19(28)16-14(8-9-15(23)27)25-22(17(16)20(26)29)13-7-6-11(2)12(3)18(13)24-21(22)30/h6-7,14,16-17,25H,4-5,8-10H2,1-3H3,(H2,23,27)(H,24,30)/t14-,16-,17+,22-/m1/s1. The number of fused-ring (bicyclic) bond motifs is 4. The maximum absolute atomic E-state index is 13.4. The van der Waals surface area contributed by atoms with E-state index in [1.165, 1.54) is 4.90 Å². The maximum Gasteiger partial charge on any atom is 0.250 e. The van der Waals surface area contributed by atoms with Crippen molar-refractivity contribution in [2.45, 2.75) is 58.0 Å². The largest absolute Gasteiger partial charge is 0.370 e. The number of benzene rings is 1. The van der Waals surface area contributed by atoms with Crippen molar-refractivity contribution in [3.05, 3.63) is 28.8 Å². The van der Waals surface area contributed by atoms with Crippen molar-refractivity contribution in [2.75, 3.05) is 11.9 Å². The number of nitrogens with zero attached hydrogens (tertiary/aromatic N) is 1. The zero-order valence-electron chi connectivity index (χ0n) is 17.6. The van der Waals surface area contributed by atoms with E-state index in [9.17, 15) is 19.2 Å². The Hall–Kier alpha value is -2.74. The molecule has 160 valence electrons. The summed E-state index contributed by atoms with van der Waals surface area (Å²) in [5.74, 6) is -2.89. The maximum atomic E-state index is 13.4. The fraction of sp³-hybridized carbons (Fsp3) is 0.545. The average Bonchev–Trinajstić information content (AvgIpc) is 3.27. The highest BCUT2D eigenvalue weighted by Gasteiger charge is 2.70. The molecule has 3 aliphatic rings. The van der Waals surface area contributed by atoms with Crippen LogP contribution in [0, 0.1) is 25.7 Å². The Morgan fingerprint density at radius 2 is 1.93 bits per heavy atom. The molecule has 2 saturated heterocycles. The van der Waals surface area contributed by atoms with Crippen LogP contribution in [-0.4, -0.2) is 41.1 Å². The summed E-state index contributed by atoms with van der Waals surface area (Å²) in [5, 5.41) is 6.28. The van der Waals surface area contributed by atoms with E-state index in [0.717, 1.165) is 17.5 Å². The van der Waals surface area contributed by atoms with E-state index >= 15 is 0 Å². The quantitative estimate of drug-likeness (QED) is 0.604. The third-order valence-corrected chi connectivity index (χ3v) is 6.95. The van der Waals surface area contributed by atoms with Crippen LogP contribution in [0.1, 0.15) is 49.3 Å². The molecule has 0 saturated carbocycles. The van der Waals surface area contributed by atoms with E-state index in [2.05, 4.69) is 10.6 Å². The normalized spacial score (nSPS) is 29.5. The second-order valence-electron chi connectivity index (χ2n) is 8.63. The summed E-state index contributed by atoms with van der Waals surface area (Å²) in [7, 11) is 0. The lowest BCUT2D eigenvalue weighted by Crippen LogP contribution is -2.53. The monoisotopic (exact) mass is 412 g/mol. The van der Waals surface area contributed by atoms with E-state index < -0.39 is 29.3 Å². The third-order valence-electron chi connectivity index (χ3n) is 6.95. The van der Waals surface area contributed by atoms with Gasteiger partial charge in [0.25, 0.3) is 0 Å². The number of nitrogens with two attached hydrogens (primary N) is 1. The summed E-state index contributed by atoms with van der Waals surface area (Å²) < 4.78 is 0. The fourth-order valence-corrected chi connectivity index (χ4v) is 5.26. The number of carbonyl (C=O) groups is 4. The van der Waals surface area contributed by atoms with Crippen LogP contribution in [0.5, 0.6) is 0 Å². The van der Waals surface area contributed by atoms with Crippen molar-refractivity contribution >= 4 is 29.3 Å². The van der Waals surface area contributed by atoms with Crippen LogP contribution < -0.4 is 16.4 Å². The van der Waals surface area contributed by atoms with Gasteiger partial charge in [-0.15, -0.1) is 0 Å². The molecule has 0 unspecified atom stereocenters. The number of hydrogen-bond donors (Lipinski definition) is 3. The molecule has 30 heavy (non-hydrogen) atoms. The van der Waals surface area contributed by atoms with Crippen LogP contribution in [0.3, 0.4) is 0 Å². The van der Waals surface area contributed by atoms with Crippen molar-refractivity contribution in [1.29, 1.82) is 0 Å². The molecule has 0 aliphatic carbocycles. The molecular weight excluding hydrogens is 384 g/mol. The molecule has 2 fully saturated rings. The number of imide groups is 1. The van der Waals surface area contributed by atoms with Crippen molar-refractivity contribution in [2.24, 2.45) is 17.6 Å². The number of unbranched alkanes of at least 4 members (excludes halogenated alkanes) is 1. The Morgan fingerprint density at radius 1 is 1.20 bits per heavy atom. The van der Waals surface area contributed by atoms with Gasteiger partial charge < -0.3 is 11.1 Å². The summed E-state index contributed by atoms with van der Waals surface area (Å²) in [5.41, 5.74) is 7.40. The van der Waals surface area contributed by atoms with E-state index in [1.807, 2.05) is 32.9 Å². The Kier molecular flexibility index (Phi) is 4.92. The Morgan fingerprint density at radius 3 is 2.60 bits per heavy atom. The smallest absolute Gasteiger partial charge is 0.250 e. The van der Waals surface area contributed by atoms with Gasteiger partial charge in [0.1, 0.15) is 5.54 Å². The molecule has 1 aromatic rings. The number of carbonyl (C=O) groups excluding carboxylic acids is 4. The Balaban J connectivity index is 1.83. The first kappa shape index (κ1) is 20.5. The minimum absolute atomic E-state index is 0.0782. The van der Waals surface area contributed by atoms with Gasteiger partial charge in [0.2, 0.25) is 23.6 Å². The summed E-state index contributed by atoms with van der Waals surface area (Å²) in [6.07, 6.45) is 1.94. The van der Waals surface area contributed by atoms with Gasteiger partial charge in [0.15, 0.2) is 0 Å². The number of primary amides is 1. The highest BCUT2D eigenvalue weighted by Crippen LogP contribution is 2.54. The Bertz CT molecular complexity index is 959. The molecule has 0 aromatic heterocycles. The summed E-state index contributed by atoms with van der Waals surface area (Å²) in [6.45, 7) is 6.24. The van der Waals surface area contributed by atoms with Crippen LogP contribution in [-0.2, 0) is 24.7 Å². The number of nitrogens with one attached hydrogen (secondary N) is 2. The number of aryl methyl sites for hydroxylation is 1. The van der Waals surface area contributed by atoms with Crippen molar-refractivity contribution < 1.29 is 19.2 Å². The van der Waals surface area contributed by atoms with Gasteiger partial charge in [-0.2, -0.15) is 0 Å². The summed E-state index contributed by atoms with van der Waals surface area (Å²) in [6, 6.07) is 3.31. The molecule has 8 heteroatoms. The third kappa shape index (κ3) is 2.70. The SMILES string of the molecule is CCCCN1C(=O)[C@H]2[C@@H](C1=O)[C@@]1(N[C@@H]2CCC(N)=O)C(=O)Nc2c1ccc(C)c2C. The second-order valence-corrected chi connectivity index (χ2v) is 8.63. The molecule has 4 rings (SSSR count). The molecule has 4 atom stereocenters. The van der Waals surface area contributed by atoms with Crippen LogP contribution in [0.25, 0.3) is 0 Å². The molecule has 4 amide bonds. The topological polar surface area (TPSA) is 122 Å². The Labute approximate surface area is 175 Å². The molecule has 3 heterocycles. The van der Waals surface area contributed by atoms with Gasteiger partial charge >= 0.3 is 0 Å². The van der Waals surface area contributed by atoms with Crippen molar-refractivity contribution in [3.63, 3.8) is 0 Å². The molecule has 0 bridgehead atoms. The first-order valence-corrected chi connectivity index (χ1v) is 10.6. The number of anilines is 1. The summed E-state index contributed by atoms with van der Waals surface area (Å²) in [4.78, 5) is 52.8. The van der Waals surface area contributed by atoms with Gasteiger partial charge in [-0.1, -0.05) is 25.5 Å². The van der Waals surface area contributed by atoms with Crippen molar-refractivity contribution in [1.82, 2.24) is 10.2 Å². The lowest BCUT2D eigenvalue weighted by atomic mass is 9.76. The van der Waals surface area contributed by atoms with E-state index in [1.54, 1.807) is 0 Å². The van der Waals surface area contributed by atoms with Crippen LogP contribution in [0.2, 0.25) is 0 Å². The molecule has 3 aliphatic heterocycles.